The number of nitrogens with zero attached hydrogens (tertiary/aromatic N) is 2. The number of rotatable bonds is 20. The molecule has 0 saturated carbocycles. The summed E-state index contributed by atoms with van der Waals surface area (Å²) < 4.78 is 0. The highest BCUT2D eigenvalue weighted by molar-refractivity contribution is 5.85. The lowest BCUT2D eigenvalue weighted by molar-refractivity contribution is 0.397. The highest BCUT2D eigenvalue weighted by Crippen LogP contribution is 2.55. The van der Waals surface area contributed by atoms with Gasteiger partial charge in [-0.2, -0.15) is 0 Å². The summed E-state index contributed by atoms with van der Waals surface area (Å²) in [7, 11) is 0. The molecular weight excluding hydrogens is 941 g/mol. The van der Waals surface area contributed by atoms with E-state index in [-0.39, 0.29) is 23.7 Å². The second-order valence-electron chi connectivity index (χ2n) is 25.5. The van der Waals surface area contributed by atoms with Gasteiger partial charge in [0, 0.05) is 28.2 Å². The van der Waals surface area contributed by atoms with Crippen LogP contribution in [0.15, 0.2) is 133 Å². The molecule has 0 saturated heterocycles. The van der Waals surface area contributed by atoms with Crippen molar-refractivity contribution in [3.05, 3.63) is 200 Å². The zero-order valence-corrected chi connectivity index (χ0v) is 51.0. The maximum absolute atomic E-state index is 2.53. The molecule has 0 bridgehead atoms. The third kappa shape index (κ3) is 14.5. The third-order valence-electron chi connectivity index (χ3n) is 16.7. The molecule has 2 nitrogen and oxygen atoms in total. The van der Waals surface area contributed by atoms with Gasteiger partial charge in [-0.1, -0.05) is 247 Å². The molecule has 0 aliphatic heterocycles. The van der Waals surface area contributed by atoms with Gasteiger partial charge in [-0.3, -0.25) is 0 Å². The van der Waals surface area contributed by atoms with Crippen LogP contribution in [0, 0.1) is 55.4 Å². The maximum atomic E-state index is 2.53. The van der Waals surface area contributed by atoms with Crippen LogP contribution in [-0.2, 0) is 16.2 Å². The number of benzene rings is 7. The lowest BCUT2D eigenvalue weighted by atomic mass is 9.70. The summed E-state index contributed by atoms with van der Waals surface area (Å²) in [5, 5.41) is 0. The lowest BCUT2D eigenvalue weighted by Crippen LogP contribution is -2.25. The van der Waals surface area contributed by atoms with Crippen LogP contribution in [0.3, 0.4) is 0 Å². The second kappa shape index (κ2) is 26.9. The van der Waals surface area contributed by atoms with E-state index >= 15 is 0 Å². The van der Waals surface area contributed by atoms with Crippen LogP contribution in [0.1, 0.15) is 219 Å². The summed E-state index contributed by atoms with van der Waals surface area (Å²) in [5.74, 6) is 0. The molecule has 0 atom stereocenters. The molecule has 0 heterocycles. The summed E-state index contributed by atoms with van der Waals surface area (Å²) in [5.41, 5.74) is 27.0. The van der Waals surface area contributed by atoms with Crippen molar-refractivity contribution in [1.29, 1.82) is 0 Å². The first-order valence-corrected chi connectivity index (χ1v) is 30.0. The zero-order valence-electron chi connectivity index (χ0n) is 51.0. The van der Waals surface area contributed by atoms with Crippen LogP contribution < -0.4 is 9.80 Å². The SMILES string of the molecule is C.CCCCCCCCC1(CCCCCCCC)c2cc(C)ccc2-c2ccc(C)cc21.Cc1ccc(N(c2ccc(N(c3ccc(C)cc3)c3c(C)cc(C(C)(C)C)cc3C)cc2)c2c(C)cc(C(C)(C)C)cc2C)cc1. The predicted octanol–water partition coefficient (Wildman–Crippen LogP) is 23.8. The van der Waals surface area contributed by atoms with E-state index in [1.807, 2.05) is 0 Å². The molecule has 0 amide bonds. The number of anilines is 6. The van der Waals surface area contributed by atoms with E-state index in [1.165, 1.54) is 168 Å². The van der Waals surface area contributed by atoms with Gasteiger partial charge in [0.2, 0.25) is 0 Å². The molecule has 0 unspecified atom stereocenters. The first-order chi connectivity index (χ1) is 36.7. The van der Waals surface area contributed by atoms with E-state index < -0.39 is 0 Å². The van der Waals surface area contributed by atoms with Crippen LogP contribution in [0.25, 0.3) is 11.1 Å². The van der Waals surface area contributed by atoms with Crippen LogP contribution in [0.4, 0.5) is 34.1 Å². The highest BCUT2D eigenvalue weighted by atomic mass is 15.2. The number of hydrogen-bond acceptors (Lipinski definition) is 2. The standard InChI is InChI=1S/C44H52N2.C31H46.CH4/c1-29-13-17-37(18-14-29)45(41-31(3)25-35(26-32(41)4)43(7,8)9)39-21-23-40(24-22-39)46(38-19-15-30(2)16-20-38)42-33(5)27-36(28-34(42)6)44(10,11)12;1-5-7-9-11-13-15-21-31(22-16-14-12-10-8-6-2)29-23-25(3)17-19-27(29)28-20-18-26(4)24-30(28)31;/h13-28H,1-12H3;17-20,23-24H,5-16,21-22H2,1-4H3;1H4. The smallest absolute Gasteiger partial charge is 0.0520 e. The van der Waals surface area contributed by atoms with Crippen LogP contribution in [0.2, 0.25) is 0 Å². The summed E-state index contributed by atoms with van der Waals surface area (Å²) >= 11 is 0. The van der Waals surface area contributed by atoms with E-state index in [4.69, 9.17) is 0 Å². The summed E-state index contributed by atoms with van der Waals surface area (Å²) in [6.45, 7) is 36.2. The molecule has 0 aromatic heterocycles. The minimum atomic E-state index is 0. The highest BCUT2D eigenvalue weighted by Gasteiger charge is 2.42. The van der Waals surface area contributed by atoms with Gasteiger partial charge >= 0.3 is 0 Å². The Hall–Kier alpha value is -5.86. The zero-order chi connectivity index (χ0) is 55.7. The fourth-order valence-electron chi connectivity index (χ4n) is 12.2. The third-order valence-corrected chi connectivity index (χ3v) is 16.7. The molecular formula is C76H102N2. The largest absolute Gasteiger partial charge is 0.310 e. The quantitative estimate of drug-likeness (QED) is 0.0702. The monoisotopic (exact) mass is 1040 g/mol. The predicted molar refractivity (Wildman–Crippen MR) is 346 cm³/mol. The van der Waals surface area contributed by atoms with Gasteiger partial charge in [-0.25, -0.2) is 0 Å². The van der Waals surface area contributed by atoms with Crippen molar-refractivity contribution < 1.29 is 0 Å². The topological polar surface area (TPSA) is 6.48 Å². The van der Waals surface area contributed by atoms with Gasteiger partial charge in [0.15, 0.2) is 0 Å². The van der Waals surface area contributed by atoms with E-state index in [2.05, 4.69) is 254 Å². The number of hydrogen-bond donors (Lipinski definition) is 0. The Bertz CT molecular complexity index is 2770. The Morgan fingerprint density at radius 1 is 0.333 bits per heavy atom. The van der Waals surface area contributed by atoms with Crippen LogP contribution in [0.5, 0.6) is 0 Å². The first kappa shape index (κ1) is 61.4. The van der Waals surface area contributed by atoms with Crippen molar-refractivity contribution in [3.8, 4) is 11.1 Å². The Balaban J connectivity index is 0.000000269. The van der Waals surface area contributed by atoms with E-state index in [9.17, 15) is 0 Å². The lowest BCUT2D eigenvalue weighted by Gasteiger charge is -2.33. The van der Waals surface area contributed by atoms with Crippen molar-refractivity contribution in [2.45, 2.75) is 224 Å². The number of aryl methyl sites for hydroxylation is 8. The van der Waals surface area contributed by atoms with Crippen molar-refractivity contribution in [1.82, 2.24) is 0 Å². The molecule has 0 fully saturated rings. The van der Waals surface area contributed by atoms with Crippen molar-refractivity contribution in [3.63, 3.8) is 0 Å². The first-order valence-electron chi connectivity index (χ1n) is 30.0. The summed E-state index contributed by atoms with van der Waals surface area (Å²) in [4.78, 5) is 4.84. The molecule has 7 aromatic carbocycles. The molecule has 8 rings (SSSR count). The average molecular weight is 1040 g/mol. The second-order valence-corrected chi connectivity index (χ2v) is 25.5. The molecule has 416 valence electrons. The van der Waals surface area contributed by atoms with Gasteiger partial charge in [-0.05, 0) is 183 Å². The molecule has 2 heteroatoms. The van der Waals surface area contributed by atoms with Gasteiger partial charge < -0.3 is 9.80 Å². The Kier molecular flexibility index (Phi) is 21.1. The summed E-state index contributed by atoms with van der Waals surface area (Å²) in [6, 6.07) is 50.8. The Morgan fingerprint density at radius 3 is 0.897 bits per heavy atom. The molecule has 0 spiro atoms. The average Bonchev–Trinajstić information content (AvgIpc) is 3.82. The normalized spacial score (nSPS) is 12.6. The minimum Gasteiger partial charge on any atom is -0.310 e. The molecule has 1 aliphatic carbocycles. The molecule has 1 aliphatic rings. The van der Waals surface area contributed by atoms with E-state index in [1.54, 1.807) is 11.1 Å². The molecule has 0 N–H and O–H groups in total. The Morgan fingerprint density at radius 2 is 0.603 bits per heavy atom. The Labute approximate surface area is 477 Å². The van der Waals surface area contributed by atoms with E-state index in [0.29, 0.717) is 0 Å². The number of unbranched alkanes of at least 4 members (excludes halogenated alkanes) is 10. The minimum absolute atomic E-state index is 0. The summed E-state index contributed by atoms with van der Waals surface area (Å²) in [6.07, 6.45) is 19.2. The van der Waals surface area contributed by atoms with E-state index in [0.717, 1.165) is 22.7 Å². The van der Waals surface area contributed by atoms with Gasteiger partial charge in [0.1, 0.15) is 0 Å². The van der Waals surface area contributed by atoms with Crippen molar-refractivity contribution in [2.24, 2.45) is 0 Å². The molecule has 0 radical (unpaired) electrons. The molecule has 78 heavy (non-hydrogen) atoms. The van der Waals surface area contributed by atoms with Gasteiger partial charge in [0.25, 0.3) is 0 Å². The van der Waals surface area contributed by atoms with Crippen LogP contribution >= 0.6 is 0 Å². The maximum Gasteiger partial charge on any atom is 0.0520 e. The van der Waals surface area contributed by atoms with Crippen molar-refractivity contribution >= 4 is 34.1 Å². The fourth-order valence-corrected chi connectivity index (χ4v) is 12.2. The van der Waals surface area contributed by atoms with Gasteiger partial charge in [0.05, 0.1) is 11.4 Å². The fraction of sp³-hybridized carbons (Fsp3) is 0.447. The van der Waals surface area contributed by atoms with Gasteiger partial charge in [-0.15, -0.1) is 0 Å². The number of fused-ring (bicyclic) bond motifs is 3. The molecule has 7 aromatic rings. The van der Waals surface area contributed by atoms with Crippen LogP contribution in [-0.4, -0.2) is 0 Å². The van der Waals surface area contributed by atoms with Crippen molar-refractivity contribution in [2.75, 3.05) is 9.80 Å².